The predicted molar refractivity (Wildman–Crippen MR) is 78.6 cm³/mol. The number of ether oxygens (including phenoxy) is 2. The number of anilines is 1. The summed E-state index contributed by atoms with van der Waals surface area (Å²) in [6, 6.07) is 5.04. The van der Waals surface area contributed by atoms with Crippen LogP contribution in [0, 0.1) is 0 Å². The molecule has 1 saturated heterocycles. The van der Waals surface area contributed by atoms with Gasteiger partial charge < -0.3 is 9.47 Å². The second-order valence-electron chi connectivity index (χ2n) is 4.25. The van der Waals surface area contributed by atoms with Gasteiger partial charge in [-0.3, -0.25) is 9.59 Å². The molecule has 0 spiro atoms. The van der Waals surface area contributed by atoms with E-state index in [1.165, 1.54) is 23.8 Å². The van der Waals surface area contributed by atoms with E-state index < -0.39 is 0 Å². The van der Waals surface area contributed by atoms with Crippen LogP contribution in [-0.2, 0) is 9.59 Å². The number of hydrogen-bond acceptors (Lipinski definition) is 5. The number of benzene rings is 1. The highest BCUT2D eigenvalue weighted by atomic mass is 32.2. The predicted octanol–water partition coefficient (Wildman–Crippen LogP) is 2.09. The average Bonchev–Trinajstić information content (AvgIpc) is 2.73. The minimum Gasteiger partial charge on any atom is -0.497 e. The van der Waals surface area contributed by atoms with Crippen molar-refractivity contribution < 1.29 is 19.1 Å². The van der Waals surface area contributed by atoms with Crippen LogP contribution in [0.1, 0.15) is 13.3 Å². The number of carbonyl (C=O) groups is 2. The highest BCUT2D eigenvalue weighted by Crippen LogP contribution is 2.37. The van der Waals surface area contributed by atoms with E-state index in [-0.39, 0.29) is 23.5 Å². The Labute approximate surface area is 122 Å². The number of thioether (sulfide) groups is 1. The van der Waals surface area contributed by atoms with Gasteiger partial charge in [0.05, 0.1) is 25.2 Å². The normalized spacial score (nSPS) is 18.6. The Morgan fingerprint density at radius 2 is 2.05 bits per heavy atom. The van der Waals surface area contributed by atoms with Crippen molar-refractivity contribution in [3.63, 3.8) is 0 Å². The Hall–Kier alpha value is -1.69. The molecule has 2 rings (SSSR count). The van der Waals surface area contributed by atoms with E-state index in [9.17, 15) is 9.59 Å². The van der Waals surface area contributed by atoms with Crippen molar-refractivity contribution in [2.75, 3.05) is 24.9 Å². The number of rotatable bonds is 5. The van der Waals surface area contributed by atoms with Crippen molar-refractivity contribution in [2.24, 2.45) is 0 Å². The summed E-state index contributed by atoms with van der Waals surface area (Å²) in [4.78, 5) is 25.6. The lowest BCUT2D eigenvalue weighted by molar-refractivity contribution is -0.121. The molecule has 0 N–H and O–H groups in total. The average molecular weight is 295 g/mol. The molecule has 0 bridgehead atoms. The topological polar surface area (TPSA) is 55.8 Å². The molecule has 6 heteroatoms. The fraction of sp³-hybridized carbons (Fsp3) is 0.429. The molecule has 1 heterocycles. The molecular weight excluding hydrogens is 278 g/mol. The summed E-state index contributed by atoms with van der Waals surface area (Å²) < 4.78 is 10.4. The number of carbonyl (C=O) groups excluding carboxylic acids is 2. The molecule has 1 unspecified atom stereocenters. The van der Waals surface area contributed by atoms with Crippen molar-refractivity contribution in [1.82, 2.24) is 0 Å². The summed E-state index contributed by atoms with van der Waals surface area (Å²) in [5.41, 5.74) is 0.475. The first kappa shape index (κ1) is 14.7. The Morgan fingerprint density at radius 3 is 2.65 bits per heavy atom. The van der Waals surface area contributed by atoms with Crippen LogP contribution in [0.2, 0.25) is 0 Å². The van der Waals surface area contributed by atoms with E-state index in [1.807, 2.05) is 6.92 Å². The zero-order chi connectivity index (χ0) is 14.7. The maximum absolute atomic E-state index is 12.3. The molecule has 0 radical (unpaired) electrons. The summed E-state index contributed by atoms with van der Waals surface area (Å²) in [6.45, 7) is 1.97. The molecule has 2 amide bonds. The van der Waals surface area contributed by atoms with Crippen LogP contribution in [0.4, 0.5) is 5.69 Å². The lowest BCUT2D eigenvalue weighted by atomic mass is 10.2. The lowest BCUT2D eigenvalue weighted by Crippen LogP contribution is -2.31. The Bertz CT molecular complexity index is 532. The Kier molecular flexibility index (Phi) is 4.54. The molecule has 0 aliphatic carbocycles. The summed E-state index contributed by atoms with van der Waals surface area (Å²) >= 11 is 1.49. The molecule has 1 aliphatic rings. The summed E-state index contributed by atoms with van der Waals surface area (Å²) in [7, 11) is 3.05. The standard InChI is InChI=1S/C14H17NO4S/c1-4-20-12-8-13(16)15(14(12)17)10-6-5-9(18-2)7-11(10)19-3/h5-7,12H,4,8H2,1-3H3. The molecule has 1 fully saturated rings. The quantitative estimate of drug-likeness (QED) is 0.779. The van der Waals surface area contributed by atoms with Crippen molar-refractivity contribution >= 4 is 29.3 Å². The molecule has 1 aromatic rings. The second kappa shape index (κ2) is 6.17. The van der Waals surface area contributed by atoms with E-state index in [4.69, 9.17) is 9.47 Å². The first-order valence-corrected chi connectivity index (χ1v) is 7.37. The van der Waals surface area contributed by atoms with Crippen molar-refractivity contribution in [3.05, 3.63) is 18.2 Å². The zero-order valence-electron chi connectivity index (χ0n) is 11.7. The van der Waals surface area contributed by atoms with Gasteiger partial charge in [0.2, 0.25) is 11.8 Å². The van der Waals surface area contributed by atoms with Gasteiger partial charge >= 0.3 is 0 Å². The molecule has 1 aliphatic heterocycles. The minimum absolute atomic E-state index is 0.176. The minimum atomic E-state index is -0.292. The number of methoxy groups -OCH3 is 2. The molecule has 108 valence electrons. The fourth-order valence-corrected chi connectivity index (χ4v) is 3.07. The van der Waals surface area contributed by atoms with E-state index >= 15 is 0 Å². The van der Waals surface area contributed by atoms with Gasteiger partial charge in [-0.15, -0.1) is 11.8 Å². The first-order chi connectivity index (χ1) is 9.62. The van der Waals surface area contributed by atoms with Crippen LogP contribution >= 0.6 is 11.8 Å². The monoisotopic (exact) mass is 295 g/mol. The van der Waals surface area contributed by atoms with Gasteiger partial charge in [-0.2, -0.15) is 0 Å². The van der Waals surface area contributed by atoms with Crippen LogP contribution in [0.15, 0.2) is 18.2 Å². The van der Waals surface area contributed by atoms with Gasteiger partial charge in [0.25, 0.3) is 0 Å². The van der Waals surface area contributed by atoms with Gasteiger partial charge in [0, 0.05) is 12.5 Å². The summed E-state index contributed by atoms with van der Waals surface area (Å²) in [6.07, 6.45) is 0.243. The van der Waals surface area contributed by atoms with Gasteiger partial charge in [-0.05, 0) is 17.9 Å². The van der Waals surface area contributed by atoms with Crippen LogP contribution in [0.25, 0.3) is 0 Å². The molecule has 20 heavy (non-hydrogen) atoms. The highest BCUT2D eigenvalue weighted by molar-refractivity contribution is 8.00. The van der Waals surface area contributed by atoms with Gasteiger partial charge in [0.1, 0.15) is 11.5 Å². The third-order valence-corrected chi connectivity index (χ3v) is 4.20. The molecule has 0 saturated carbocycles. The number of hydrogen-bond donors (Lipinski definition) is 0. The van der Waals surface area contributed by atoms with E-state index in [0.717, 1.165) is 5.75 Å². The van der Waals surface area contributed by atoms with Crippen LogP contribution < -0.4 is 14.4 Å². The zero-order valence-corrected chi connectivity index (χ0v) is 12.5. The first-order valence-electron chi connectivity index (χ1n) is 6.32. The van der Waals surface area contributed by atoms with Crippen molar-refractivity contribution in [3.8, 4) is 11.5 Å². The van der Waals surface area contributed by atoms with E-state index in [0.29, 0.717) is 17.2 Å². The van der Waals surface area contributed by atoms with Crippen LogP contribution in [-0.4, -0.2) is 37.0 Å². The Morgan fingerprint density at radius 1 is 1.30 bits per heavy atom. The van der Waals surface area contributed by atoms with Gasteiger partial charge in [-0.25, -0.2) is 4.90 Å². The molecule has 1 aromatic carbocycles. The fourth-order valence-electron chi connectivity index (χ4n) is 2.16. The SMILES string of the molecule is CCSC1CC(=O)N(c2ccc(OC)cc2OC)C1=O. The Balaban J connectivity index is 2.36. The van der Waals surface area contributed by atoms with Crippen molar-refractivity contribution in [2.45, 2.75) is 18.6 Å². The van der Waals surface area contributed by atoms with Crippen molar-refractivity contribution in [1.29, 1.82) is 0 Å². The maximum Gasteiger partial charge on any atom is 0.247 e. The molecule has 5 nitrogen and oxygen atoms in total. The third-order valence-electron chi connectivity index (χ3n) is 3.10. The molecule has 1 atom stereocenters. The summed E-state index contributed by atoms with van der Waals surface area (Å²) in [5, 5.41) is -0.292. The maximum atomic E-state index is 12.3. The summed E-state index contributed by atoms with van der Waals surface area (Å²) in [5.74, 6) is 1.50. The number of amides is 2. The lowest BCUT2D eigenvalue weighted by Gasteiger charge is -2.18. The largest absolute Gasteiger partial charge is 0.497 e. The van der Waals surface area contributed by atoms with Crippen LogP contribution in [0.5, 0.6) is 11.5 Å². The highest BCUT2D eigenvalue weighted by Gasteiger charge is 2.40. The third kappa shape index (κ3) is 2.60. The molecular formula is C14H17NO4S. The van der Waals surface area contributed by atoms with E-state index in [2.05, 4.69) is 0 Å². The van der Waals surface area contributed by atoms with Gasteiger partial charge in [-0.1, -0.05) is 6.92 Å². The van der Waals surface area contributed by atoms with Gasteiger partial charge in [0.15, 0.2) is 0 Å². The van der Waals surface area contributed by atoms with Crippen LogP contribution in [0.3, 0.4) is 0 Å². The smallest absolute Gasteiger partial charge is 0.247 e. The number of imide groups is 1. The molecule has 0 aromatic heterocycles. The number of nitrogens with zero attached hydrogens (tertiary/aromatic N) is 1. The second-order valence-corrected chi connectivity index (χ2v) is 5.73. The van der Waals surface area contributed by atoms with E-state index in [1.54, 1.807) is 25.3 Å².